The van der Waals surface area contributed by atoms with Crippen LogP contribution in [0.25, 0.3) is 0 Å². The highest BCUT2D eigenvalue weighted by atomic mass is 16.7. The van der Waals surface area contributed by atoms with E-state index in [-0.39, 0.29) is 18.4 Å². The lowest BCUT2D eigenvalue weighted by Crippen LogP contribution is -2.39. The van der Waals surface area contributed by atoms with Gasteiger partial charge >= 0.3 is 0 Å². The molecule has 134 valence electrons. The van der Waals surface area contributed by atoms with Crippen LogP contribution >= 0.6 is 0 Å². The van der Waals surface area contributed by atoms with E-state index in [0.717, 1.165) is 11.3 Å². The van der Waals surface area contributed by atoms with E-state index in [1.54, 1.807) is 24.6 Å². The molecule has 0 saturated carbocycles. The van der Waals surface area contributed by atoms with Crippen LogP contribution in [0.15, 0.2) is 54.9 Å². The van der Waals surface area contributed by atoms with Crippen molar-refractivity contribution in [1.82, 2.24) is 9.88 Å². The summed E-state index contributed by atoms with van der Waals surface area (Å²) in [6.07, 6.45) is 2.53. The predicted octanol–water partition coefficient (Wildman–Crippen LogP) is 1.57. The van der Waals surface area contributed by atoms with Gasteiger partial charge in [0.05, 0.1) is 24.9 Å². The number of anilines is 1. The molecule has 0 aliphatic carbocycles. The van der Waals surface area contributed by atoms with Gasteiger partial charge < -0.3 is 4.74 Å². The van der Waals surface area contributed by atoms with Gasteiger partial charge in [0.15, 0.2) is 6.10 Å². The topological polar surface area (TPSA) is 72.0 Å². The molecule has 0 radical (unpaired) electrons. The molecule has 2 fully saturated rings. The first-order valence-electron chi connectivity index (χ1n) is 8.47. The summed E-state index contributed by atoms with van der Waals surface area (Å²) in [4.78, 5) is 37.0. The smallest absolute Gasteiger partial charge is 0.262 e. The van der Waals surface area contributed by atoms with E-state index in [4.69, 9.17) is 9.57 Å². The van der Waals surface area contributed by atoms with Gasteiger partial charge in [0.2, 0.25) is 5.91 Å². The number of hydrogen-bond donors (Lipinski definition) is 0. The third-order valence-electron chi connectivity index (χ3n) is 4.78. The molecule has 2 aliphatic heterocycles. The van der Waals surface area contributed by atoms with Gasteiger partial charge in [0.1, 0.15) is 5.92 Å². The first kappa shape index (κ1) is 16.7. The number of imide groups is 1. The molecule has 0 unspecified atom stereocenters. The van der Waals surface area contributed by atoms with E-state index in [9.17, 15) is 9.59 Å². The lowest BCUT2D eigenvalue weighted by atomic mass is 9.91. The number of fused-ring (bicyclic) bond motifs is 1. The number of nitrogens with zero attached hydrogens (tertiary/aromatic N) is 3. The molecule has 2 aromatic rings. The van der Waals surface area contributed by atoms with Crippen molar-refractivity contribution in [3.63, 3.8) is 0 Å². The van der Waals surface area contributed by atoms with Gasteiger partial charge in [0, 0.05) is 19.5 Å². The highest BCUT2D eigenvalue weighted by molar-refractivity contribution is 6.07. The number of benzene rings is 1. The molecule has 4 rings (SSSR count). The number of rotatable bonds is 5. The molecular formula is C19H19N3O4. The predicted molar refractivity (Wildman–Crippen MR) is 92.9 cm³/mol. The zero-order chi connectivity index (χ0) is 18.1. The minimum atomic E-state index is -0.822. The second kappa shape index (κ2) is 6.86. The fourth-order valence-corrected chi connectivity index (χ4v) is 3.57. The van der Waals surface area contributed by atoms with Crippen LogP contribution in [0.5, 0.6) is 0 Å². The minimum absolute atomic E-state index is 0.225. The highest BCUT2D eigenvalue weighted by Crippen LogP contribution is 2.46. The Balaban J connectivity index is 1.73. The Morgan fingerprint density at radius 3 is 2.50 bits per heavy atom. The molecule has 3 heterocycles. The number of likely N-dealkylation sites (tertiary alicyclic amines) is 1. The van der Waals surface area contributed by atoms with Gasteiger partial charge in [-0.05, 0) is 29.8 Å². The average Bonchev–Trinajstić information content (AvgIpc) is 3.19. The summed E-state index contributed by atoms with van der Waals surface area (Å²) in [5, 5.41) is 1.67. The lowest BCUT2D eigenvalue weighted by Gasteiger charge is -2.28. The Labute approximate surface area is 151 Å². The summed E-state index contributed by atoms with van der Waals surface area (Å²) in [6, 6.07) is 12.8. The zero-order valence-corrected chi connectivity index (χ0v) is 14.3. The summed E-state index contributed by atoms with van der Waals surface area (Å²) < 4.78 is 5.02. The van der Waals surface area contributed by atoms with Gasteiger partial charge in [-0.2, -0.15) is 0 Å². The molecule has 26 heavy (non-hydrogen) atoms. The number of carbonyl (C=O) groups excluding carboxylic acids is 2. The Morgan fingerprint density at radius 1 is 1.08 bits per heavy atom. The number of para-hydroxylation sites is 1. The number of ether oxygens (including phenoxy) is 1. The standard InChI is InChI=1S/C19H19N3O4/c1-25-12-11-21-18(23)15-16(13-7-9-20-10-8-13)22(26-17(15)19(21)24)14-5-3-2-4-6-14/h2-10,15-17H,11-12H2,1H3/t15-,16+,17+/m1/s1. The molecule has 3 atom stereocenters. The summed E-state index contributed by atoms with van der Waals surface area (Å²) in [5.74, 6) is -1.13. The molecule has 0 bridgehead atoms. The highest BCUT2D eigenvalue weighted by Gasteiger charge is 2.59. The van der Waals surface area contributed by atoms with Crippen LogP contribution in [-0.4, -0.2) is 48.1 Å². The largest absolute Gasteiger partial charge is 0.383 e. The fourth-order valence-electron chi connectivity index (χ4n) is 3.57. The summed E-state index contributed by atoms with van der Waals surface area (Å²) in [5.41, 5.74) is 1.68. The molecule has 1 aromatic carbocycles. The fraction of sp³-hybridized carbons (Fsp3) is 0.316. The number of amides is 2. The second-order valence-electron chi connectivity index (χ2n) is 6.26. The summed E-state index contributed by atoms with van der Waals surface area (Å²) in [7, 11) is 1.54. The SMILES string of the molecule is COCCN1C(=O)[C@H]2[C@H](ON(c3ccccc3)[C@H]2c2ccncc2)C1=O. The summed E-state index contributed by atoms with van der Waals surface area (Å²) >= 11 is 0. The monoisotopic (exact) mass is 353 g/mol. The van der Waals surface area contributed by atoms with Crippen molar-refractivity contribution in [2.24, 2.45) is 5.92 Å². The normalized spacial score (nSPS) is 25.0. The average molecular weight is 353 g/mol. The molecule has 0 N–H and O–H groups in total. The van der Waals surface area contributed by atoms with Crippen molar-refractivity contribution in [2.75, 3.05) is 25.3 Å². The van der Waals surface area contributed by atoms with Gasteiger partial charge in [-0.3, -0.25) is 24.3 Å². The van der Waals surface area contributed by atoms with Crippen molar-refractivity contribution in [1.29, 1.82) is 0 Å². The quantitative estimate of drug-likeness (QED) is 0.760. The van der Waals surface area contributed by atoms with Crippen molar-refractivity contribution in [3.8, 4) is 0 Å². The van der Waals surface area contributed by atoms with E-state index in [0.29, 0.717) is 6.61 Å². The molecule has 2 amide bonds. The number of carbonyl (C=O) groups is 2. The Kier molecular flexibility index (Phi) is 4.40. The van der Waals surface area contributed by atoms with Gasteiger partial charge in [0.25, 0.3) is 5.91 Å². The van der Waals surface area contributed by atoms with Crippen LogP contribution in [0.3, 0.4) is 0 Å². The number of aromatic nitrogens is 1. The maximum Gasteiger partial charge on any atom is 0.262 e. The summed E-state index contributed by atoms with van der Waals surface area (Å²) in [6.45, 7) is 0.540. The van der Waals surface area contributed by atoms with Gasteiger partial charge in [-0.1, -0.05) is 18.2 Å². The van der Waals surface area contributed by atoms with Crippen LogP contribution in [0.2, 0.25) is 0 Å². The minimum Gasteiger partial charge on any atom is -0.383 e. The lowest BCUT2D eigenvalue weighted by molar-refractivity contribution is -0.143. The van der Waals surface area contributed by atoms with E-state index in [1.165, 1.54) is 4.90 Å². The van der Waals surface area contributed by atoms with Crippen LogP contribution in [0.4, 0.5) is 5.69 Å². The maximum atomic E-state index is 13.0. The van der Waals surface area contributed by atoms with Crippen LogP contribution in [-0.2, 0) is 19.2 Å². The van der Waals surface area contributed by atoms with E-state index >= 15 is 0 Å². The molecule has 2 aliphatic rings. The van der Waals surface area contributed by atoms with Crippen molar-refractivity contribution in [3.05, 3.63) is 60.4 Å². The van der Waals surface area contributed by atoms with Crippen LogP contribution < -0.4 is 5.06 Å². The van der Waals surface area contributed by atoms with Crippen LogP contribution in [0.1, 0.15) is 11.6 Å². The third-order valence-corrected chi connectivity index (χ3v) is 4.78. The van der Waals surface area contributed by atoms with Crippen molar-refractivity contribution >= 4 is 17.5 Å². The number of methoxy groups -OCH3 is 1. The first-order valence-corrected chi connectivity index (χ1v) is 8.47. The first-order chi connectivity index (χ1) is 12.7. The Morgan fingerprint density at radius 2 is 1.81 bits per heavy atom. The van der Waals surface area contributed by atoms with E-state index < -0.39 is 18.1 Å². The number of pyridine rings is 1. The van der Waals surface area contributed by atoms with Crippen LogP contribution in [0, 0.1) is 5.92 Å². The number of hydroxylamine groups is 1. The maximum absolute atomic E-state index is 13.0. The molecule has 1 aromatic heterocycles. The Hall–Kier alpha value is -2.77. The molecule has 2 saturated heterocycles. The number of hydrogen-bond acceptors (Lipinski definition) is 6. The molecule has 7 nitrogen and oxygen atoms in total. The third kappa shape index (κ3) is 2.65. The van der Waals surface area contributed by atoms with Crippen molar-refractivity contribution < 1.29 is 19.2 Å². The Bertz CT molecular complexity index is 799. The molecule has 0 spiro atoms. The zero-order valence-electron chi connectivity index (χ0n) is 14.3. The molecule has 7 heteroatoms. The second-order valence-corrected chi connectivity index (χ2v) is 6.26. The molecular weight excluding hydrogens is 334 g/mol. The van der Waals surface area contributed by atoms with E-state index in [2.05, 4.69) is 4.98 Å². The van der Waals surface area contributed by atoms with Gasteiger partial charge in [-0.25, -0.2) is 5.06 Å². The van der Waals surface area contributed by atoms with Crippen molar-refractivity contribution in [2.45, 2.75) is 12.1 Å². The van der Waals surface area contributed by atoms with E-state index in [1.807, 2.05) is 42.5 Å². The van der Waals surface area contributed by atoms with Gasteiger partial charge in [-0.15, -0.1) is 0 Å².